The SMILES string of the molecule is CC(=O)N1N=C(c2cc(-c3nnc(-c4ccccc4)o3)oc2C)OC1c1ccccc1. The first-order chi connectivity index (χ1) is 15.1. The molecule has 154 valence electrons. The summed E-state index contributed by atoms with van der Waals surface area (Å²) in [5.41, 5.74) is 2.25. The zero-order valence-electron chi connectivity index (χ0n) is 16.9. The number of rotatable bonds is 4. The lowest BCUT2D eigenvalue weighted by molar-refractivity contribution is -0.135. The Morgan fingerprint density at radius 2 is 1.61 bits per heavy atom. The van der Waals surface area contributed by atoms with Crippen LogP contribution in [-0.4, -0.2) is 27.0 Å². The molecule has 8 nitrogen and oxygen atoms in total. The van der Waals surface area contributed by atoms with Gasteiger partial charge in [-0.2, -0.15) is 5.01 Å². The van der Waals surface area contributed by atoms with E-state index in [2.05, 4.69) is 15.3 Å². The van der Waals surface area contributed by atoms with Gasteiger partial charge in [0.05, 0.1) is 5.56 Å². The Kier molecular flexibility index (Phi) is 4.59. The average Bonchev–Trinajstić information content (AvgIpc) is 3.53. The number of benzene rings is 2. The molecule has 0 aliphatic carbocycles. The highest BCUT2D eigenvalue weighted by molar-refractivity contribution is 5.98. The second-order valence-electron chi connectivity index (χ2n) is 7.01. The van der Waals surface area contributed by atoms with Gasteiger partial charge in [0, 0.05) is 24.1 Å². The van der Waals surface area contributed by atoms with Crippen molar-refractivity contribution < 1.29 is 18.4 Å². The maximum Gasteiger partial charge on any atom is 0.283 e. The summed E-state index contributed by atoms with van der Waals surface area (Å²) in [5, 5.41) is 13.9. The number of hydrogen-bond acceptors (Lipinski definition) is 7. The highest BCUT2D eigenvalue weighted by Crippen LogP contribution is 2.33. The Morgan fingerprint density at radius 1 is 0.935 bits per heavy atom. The van der Waals surface area contributed by atoms with Gasteiger partial charge in [-0.3, -0.25) is 4.79 Å². The molecule has 0 saturated heterocycles. The van der Waals surface area contributed by atoms with Gasteiger partial charge in [-0.05, 0) is 19.1 Å². The molecule has 0 spiro atoms. The van der Waals surface area contributed by atoms with Gasteiger partial charge < -0.3 is 13.6 Å². The third-order valence-corrected chi connectivity index (χ3v) is 4.86. The van der Waals surface area contributed by atoms with Crippen molar-refractivity contribution in [3.8, 4) is 23.1 Å². The van der Waals surface area contributed by atoms with Crippen molar-refractivity contribution in [3.63, 3.8) is 0 Å². The van der Waals surface area contributed by atoms with Crippen LogP contribution in [0.2, 0.25) is 0 Å². The van der Waals surface area contributed by atoms with Gasteiger partial charge in [0.1, 0.15) is 5.76 Å². The minimum absolute atomic E-state index is 0.227. The molecule has 0 fully saturated rings. The van der Waals surface area contributed by atoms with Gasteiger partial charge in [-0.1, -0.05) is 48.5 Å². The van der Waals surface area contributed by atoms with Crippen molar-refractivity contribution in [1.29, 1.82) is 0 Å². The topological polar surface area (TPSA) is 94.0 Å². The van der Waals surface area contributed by atoms with Crippen LogP contribution in [0.5, 0.6) is 0 Å². The third-order valence-electron chi connectivity index (χ3n) is 4.86. The maximum absolute atomic E-state index is 12.1. The molecular formula is C23H18N4O4. The van der Waals surface area contributed by atoms with Gasteiger partial charge >= 0.3 is 0 Å². The predicted molar refractivity (Wildman–Crippen MR) is 111 cm³/mol. The standard InChI is InChI=1S/C23H18N4O4/c1-14-18(21-26-27(15(2)28)23(31-21)17-11-7-4-8-12-17)13-19(29-14)22-25-24-20(30-22)16-9-5-3-6-10-16/h3-13,23H,1-2H3. The fourth-order valence-corrected chi connectivity index (χ4v) is 3.33. The Hall–Kier alpha value is -4.20. The van der Waals surface area contributed by atoms with E-state index in [9.17, 15) is 4.79 Å². The third kappa shape index (κ3) is 3.48. The molecule has 3 heterocycles. The number of aryl methyl sites for hydroxylation is 1. The maximum atomic E-state index is 12.1. The smallest absolute Gasteiger partial charge is 0.283 e. The normalized spacial score (nSPS) is 15.6. The number of carbonyl (C=O) groups is 1. The number of amides is 1. The molecule has 1 aliphatic heterocycles. The lowest BCUT2D eigenvalue weighted by Crippen LogP contribution is -2.25. The first-order valence-electron chi connectivity index (χ1n) is 9.70. The van der Waals surface area contributed by atoms with Gasteiger partial charge in [-0.15, -0.1) is 15.3 Å². The summed E-state index contributed by atoms with van der Waals surface area (Å²) in [4.78, 5) is 12.1. The lowest BCUT2D eigenvalue weighted by Gasteiger charge is -2.18. The largest absolute Gasteiger partial charge is 0.455 e. The van der Waals surface area contributed by atoms with E-state index in [4.69, 9.17) is 13.6 Å². The van der Waals surface area contributed by atoms with Crippen molar-refractivity contribution in [2.45, 2.75) is 20.1 Å². The van der Waals surface area contributed by atoms with Crippen LogP contribution in [0.15, 0.2) is 80.7 Å². The van der Waals surface area contributed by atoms with Gasteiger partial charge in [0.2, 0.25) is 23.9 Å². The highest BCUT2D eigenvalue weighted by Gasteiger charge is 2.34. The van der Waals surface area contributed by atoms with E-state index >= 15 is 0 Å². The summed E-state index contributed by atoms with van der Waals surface area (Å²) >= 11 is 0. The fourth-order valence-electron chi connectivity index (χ4n) is 3.33. The Labute approximate surface area is 177 Å². The number of hydrazone groups is 1. The van der Waals surface area contributed by atoms with Crippen LogP contribution in [-0.2, 0) is 9.53 Å². The molecule has 1 aliphatic rings. The van der Waals surface area contributed by atoms with Crippen molar-refractivity contribution in [2.24, 2.45) is 5.10 Å². The van der Waals surface area contributed by atoms with Crippen molar-refractivity contribution in [2.75, 3.05) is 0 Å². The zero-order chi connectivity index (χ0) is 21.4. The first-order valence-corrected chi connectivity index (χ1v) is 9.70. The van der Waals surface area contributed by atoms with E-state index in [1.54, 1.807) is 13.0 Å². The summed E-state index contributed by atoms with van der Waals surface area (Å²) in [6, 6.07) is 20.6. The van der Waals surface area contributed by atoms with Gasteiger partial charge in [0.15, 0.2) is 5.76 Å². The summed E-state index contributed by atoms with van der Waals surface area (Å²) < 4.78 is 17.7. The van der Waals surface area contributed by atoms with Crippen LogP contribution in [0.4, 0.5) is 0 Å². The molecule has 0 saturated carbocycles. The molecule has 2 aromatic heterocycles. The van der Waals surface area contributed by atoms with E-state index < -0.39 is 6.23 Å². The number of hydrogen-bond donors (Lipinski definition) is 0. The summed E-state index contributed by atoms with van der Waals surface area (Å²) in [6.45, 7) is 3.23. The van der Waals surface area contributed by atoms with Crippen LogP contribution in [0.25, 0.3) is 23.1 Å². The Balaban J connectivity index is 1.45. The molecule has 0 N–H and O–H groups in total. The molecule has 8 heteroatoms. The van der Waals surface area contributed by atoms with Crippen molar-refractivity contribution in [1.82, 2.24) is 15.2 Å². The second kappa shape index (κ2) is 7.56. The molecule has 1 amide bonds. The Morgan fingerprint density at radius 3 is 2.32 bits per heavy atom. The molecule has 0 radical (unpaired) electrons. The summed E-state index contributed by atoms with van der Waals surface area (Å²) in [6.07, 6.45) is -0.639. The van der Waals surface area contributed by atoms with Crippen LogP contribution in [0, 0.1) is 6.92 Å². The molecule has 2 aromatic carbocycles. The minimum Gasteiger partial charge on any atom is -0.455 e. The van der Waals surface area contributed by atoms with Gasteiger partial charge in [-0.25, -0.2) is 0 Å². The van der Waals surface area contributed by atoms with Crippen LogP contribution in [0.3, 0.4) is 0 Å². The number of aromatic nitrogens is 2. The first kappa shape index (κ1) is 18.8. The molecule has 1 atom stereocenters. The van der Waals surface area contributed by atoms with Crippen LogP contribution < -0.4 is 0 Å². The predicted octanol–water partition coefficient (Wildman–Crippen LogP) is 4.54. The van der Waals surface area contributed by atoms with E-state index in [0.717, 1.165) is 11.1 Å². The summed E-state index contributed by atoms with van der Waals surface area (Å²) in [7, 11) is 0. The summed E-state index contributed by atoms with van der Waals surface area (Å²) in [5.74, 6) is 1.66. The van der Waals surface area contributed by atoms with E-state index in [1.807, 2.05) is 60.7 Å². The van der Waals surface area contributed by atoms with Crippen molar-refractivity contribution in [3.05, 3.63) is 83.6 Å². The molecular weight excluding hydrogens is 396 g/mol. The quantitative estimate of drug-likeness (QED) is 0.486. The van der Waals surface area contributed by atoms with E-state index in [0.29, 0.717) is 28.9 Å². The minimum atomic E-state index is -0.639. The van der Waals surface area contributed by atoms with Gasteiger partial charge in [0.25, 0.3) is 5.89 Å². The van der Waals surface area contributed by atoms with Crippen LogP contribution >= 0.6 is 0 Å². The number of ether oxygens (including phenoxy) is 1. The second-order valence-corrected chi connectivity index (χ2v) is 7.01. The van der Waals surface area contributed by atoms with Crippen molar-refractivity contribution >= 4 is 11.8 Å². The fraction of sp³-hybridized carbons (Fsp3) is 0.130. The van der Waals surface area contributed by atoms with E-state index in [1.165, 1.54) is 11.9 Å². The number of carbonyl (C=O) groups excluding carboxylic acids is 1. The number of furan rings is 1. The Bertz CT molecular complexity index is 1260. The van der Waals surface area contributed by atoms with E-state index in [-0.39, 0.29) is 11.8 Å². The average molecular weight is 414 g/mol. The molecule has 1 unspecified atom stereocenters. The number of nitrogens with zero attached hydrogens (tertiary/aromatic N) is 4. The monoisotopic (exact) mass is 414 g/mol. The van der Waals surface area contributed by atoms with Crippen LogP contribution in [0.1, 0.15) is 30.0 Å². The molecule has 5 rings (SSSR count). The lowest BCUT2D eigenvalue weighted by atomic mass is 10.2. The molecule has 0 bridgehead atoms. The zero-order valence-corrected chi connectivity index (χ0v) is 16.9. The highest BCUT2D eigenvalue weighted by atomic mass is 16.5. The molecule has 4 aromatic rings. The molecule has 31 heavy (non-hydrogen) atoms.